The van der Waals surface area contributed by atoms with E-state index >= 15 is 0 Å². The normalized spacial score (nSPS) is 10.6. The zero-order chi connectivity index (χ0) is 13.0. The minimum absolute atomic E-state index is 0.552. The van der Waals surface area contributed by atoms with Crippen molar-refractivity contribution in [3.05, 3.63) is 38.4 Å². The van der Waals surface area contributed by atoms with Crippen molar-refractivity contribution in [3.8, 4) is 0 Å². The predicted octanol–water partition coefficient (Wildman–Crippen LogP) is 4.26. The van der Waals surface area contributed by atoms with Gasteiger partial charge in [-0.25, -0.2) is 9.97 Å². The largest absolute Gasteiger partial charge is 0.369 e. The standard InChI is InChI=1S/C12H13Cl2N3S/c1-2-3-16-12-9(14)6-8(13)10(17-12)7-11-15-4-5-18-11/h4-6H,2-3,7H2,1H3,(H,16,17). The second-order valence-corrected chi connectivity index (χ2v) is 5.57. The van der Waals surface area contributed by atoms with Crippen molar-refractivity contribution < 1.29 is 0 Å². The van der Waals surface area contributed by atoms with E-state index in [0.29, 0.717) is 22.3 Å². The maximum Gasteiger partial charge on any atom is 0.145 e. The molecule has 2 aromatic heterocycles. The minimum atomic E-state index is 0.552. The van der Waals surface area contributed by atoms with E-state index in [0.717, 1.165) is 23.7 Å². The van der Waals surface area contributed by atoms with Crippen LogP contribution in [0.25, 0.3) is 0 Å². The van der Waals surface area contributed by atoms with Gasteiger partial charge in [0.15, 0.2) is 0 Å². The SMILES string of the molecule is CCCNc1nc(Cc2nccs2)c(Cl)cc1Cl. The highest BCUT2D eigenvalue weighted by molar-refractivity contribution is 7.09. The Bertz CT molecular complexity index is 514. The molecule has 0 saturated heterocycles. The highest BCUT2D eigenvalue weighted by Gasteiger charge is 2.10. The Morgan fingerprint density at radius 3 is 2.83 bits per heavy atom. The van der Waals surface area contributed by atoms with E-state index in [-0.39, 0.29) is 0 Å². The summed E-state index contributed by atoms with van der Waals surface area (Å²) in [5, 5.41) is 7.26. The molecule has 0 saturated carbocycles. The van der Waals surface area contributed by atoms with Crippen LogP contribution in [0.1, 0.15) is 24.0 Å². The third-order valence-electron chi connectivity index (χ3n) is 2.35. The quantitative estimate of drug-likeness (QED) is 0.897. The van der Waals surface area contributed by atoms with Crippen molar-refractivity contribution in [2.24, 2.45) is 0 Å². The second kappa shape index (κ2) is 6.36. The molecule has 0 aliphatic rings. The summed E-state index contributed by atoms with van der Waals surface area (Å²) in [6.07, 6.45) is 3.43. The summed E-state index contributed by atoms with van der Waals surface area (Å²) in [7, 11) is 0. The van der Waals surface area contributed by atoms with E-state index in [1.165, 1.54) is 0 Å². The summed E-state index contributed by atoms with van der Waals surface area (Å²) in [5.41, 5.74) is 0.801. The fourth-order valence-electron chi connectivity index (χ4n) is 1.48. The molecule has 0 bridgehead atoms. The second-order valence-electron chi connectivity index (χ2n) is 3.78. The van der Waals surface area contributed by atoms with Crippen molar-refractivity contribution in [1.82, 2.24) is 9.97 Å². The van der Waals surface area contributed by atoms with E-state index in [1.807, 2.05) is 5.38 Å². The summed E-state index contributed by atoms with van der Waals surface area (Å²) >= 11 is 13.8. The highest BCUT2D eigenvalue weighted by atomic mass is 35.5. The van der Waals surface area contributed by atoms with E-state index in [9.17, 15) is 0 Å². The Morgan fingerprint density at radius 2 is 2.17 bits per heavy atom. The monoisotopic (exact) mass is 301 g/mol. The molecular weight excluding hydrogens is 289 g/mol. The van der Waals surface area contributed by atoms with E-state index < -0.39 is 0 Å². The molecule has 0 unspecified atom stereocenters. The first-order chi connectivity index (χ1) is 8.70. The molecule has 0 radical (unpaired) electrons. The average molecular weight is 302 g/mol. The third-order valence-corrected chi connectivity index (χ3v) is 3.74. The number of thiazole rings is 1. The van der Waals surface area contributed by atoms with Crippen molar-refractivity contribution in [1.29, 1.82) is 0 Å². The van der Waals surface area contributed by atoms with Crippen LogP contribution in [-0.2, 0) is 6.42 Å². The molecule has 0 aliphatic heterocycles. The Balaban J connectivity index is 2.23. The van der Waals surface area contributed by atoms with Crippen LogP contribution in [-0.4, -0.2) is 16.5 Å². The van der Waals surface area contributed by atoms with Gasteiger partial charge in [-0.15, -0.1) is 11.3 Å². The first kappa shape index (κ1) is 13.6. The van der Waals surface area contributed by atoms with Gasteiger partial charge >= 0.3 is 0 Å². The van der Waals surface area contributed by atoms with E-state index in [1.54, 1.807) is 23.6 Å². The summed E-state index contributed by atoms with van der Waals surface area (Å²) in [6, 6.07) is 1.73. The van der Waals surface area contributed by atoms with Crippen LogP contribution in [0.4, 0.5) is 5.82 Å². The number of pyridine rings is 1. The Hall–Kier alpha value is -0.840. The molecule has 0 atom stereocenters. The lowest BCUT2D eigenvalue weighted by atomic mass is 10.2. The Labute approximate surface area is 120 Å². The van der Waals surface area contributed by atoms with Gasteiger partial charge in [0.05, 0.1) is 20.7 Å². The number of nitrogens with one attached hydrogen (secondary N) is 1. The van der Waals surface area contributed by atoms with Crippen LogP contribution >= 0.6 is 34.5 Å². The number of hydrogen-bond donors (Lipinski definition) is 1. The summed E-state index contributed by atoms with van der Waals surface area (Å²) in [5.74, 6) is 0.689. The van der Waals surface area contributed by atoms with Crippen LogP contribution in [0.3, 0.4) is 0 Å². The van der Waals surface area contributed by atoms with Crippen molar-refractivity contribution in [2.75, 3.05) is 11.9 Å². The average Bonchev–Trinajstić information content (AvgIpc) is 2.84. The molecule has 18 heavy (non-hydrogen) atoms. The maximum absolute atomic E-state index is 6.15. The number of nitrogens with zero attached hydrogens (tertiary/aromatic N) is 2. The smallest absolute Gasteiger partial charge is 0.145 e. The highest BCUT2D eigenvalue weighted by Crippen LogP contribution is 2.27. The number of halogens is 2. The summed E-state index contributed by atoms with van der Waals surface area (Å²) < 4.78 is 0. The lowest BCUT2D eigenvalue weighted by molar-refractivity contribution is 0.959. The maximum atomic E-state index is 6.15. The molecule has 3 nitrogen and oxygen atoms in total. The zero-order valence-electron chi connectivity index (χ0n) is 9.91. The van der Waals surface area contributed by atoms with Crippen molar-refractivity contribution in [3.63, 3.8) is 0 Å². The molecule has 6 heteroatoms. The van der Waals surface area contributed by atoms with Crippen molar-refractivity contribution >= 4 is 40.4 Å². The minimum Gasteiger partial charge on any atom is -0.369 e. The van der Waals surface area contributed by atoms with Gasteiger partial charge in [0.2, 0.25) is 0 Å². The van der Waals surface area contributed by atoms with Gasteiger partial charge in [-0.2, -0.15) is 0 Å². The molecular formula is C12H13Cl2N3S. The Morgan fingerprint density at radius 1 is 1.33 bits per heavy atom. The van der Waals surface area contributed by atoms with Crippen LogP contribution in [0, 0.1) is 0 Å². The van der Waals surface area contributed by atoms with Gasteiger partial charge in [-0.05, 0) is 12.5 Å². The van der Waals surface area contributed by atoms with Gasteiger partial charge in [-0.1, -0.05) is 30.1 Å². The fourth-order valence-corrected chi connectivity index (χ4v) is 2.59. The molecule has 0 aliphatic carbocycles. The Kier molecular flexibility index (Phi) is 4.80. The number of anilines is 1. The topological polar surface area (TPSA) is 37.8 Å². The van der Waals surface area contributed by atoms with Gasteiger partial charge in [-0.3, -0.25) is 0 Å². The van der Waals surface area contributed by atoms with Crippen LogP contribution in [0.2, 0.25) is 10.0 Å². The lowest BCUT2D eigenvalue weighted by Gasteiger charge is -2.09. The first-order valence-corrected chi connectivity index (χ1v) is 7.31. The first-order valence-electron chi connectivity index (χ1n) is 5.68. The molecule has 1 N–H and O–H groups in total. The molecule has 0 spiro atoms. The third kappa shape index (κ3) is 3.34. The molecule has 0 amide bonds. The molecule has 96 valence electrons. The van der Waals surface area contributed by atoms with Crippen LogP contribution in [0.5, 0.6) is 0 Å². The molecule has 2 rings (SSSR count). The van der Waals surface area contributed by atoms with E-state index in [4.69, 9.17) is 23.2 Å². The summed E-state index contributed by atoms with van der Waals surface area (Å²) in [6.45, 7) is 2.93. The lowest BCUT2D eigenvalue weighted by Crippen LogP contribution is -2.05. The molecule has 2 aromatic rings. The fraction of sp³-hybridized carbons (Fsp3) is 0.333. The van der Waals surface area contributed by atoms with Crippen LogP contribution < -0.4 is 5.32 Å². The van der Waals surface area contributed by atoms with Gasteiger partial charge in [0, 0.05) is 24.5 Å². The van der Waals surface area contributed by atoms with E-state index in [2.05, 4.69) is 22.2 Å². The molecule has 0 fully saturated rings. The summed E-state index contributed by atoms with van der Waals surface area (Å²) in [4.78, 5) is 8.71. The molecule has 0 aromatic carbocycles. The number of aromatic nitrogens is 2. The van der Waals surface area contributed by atoms with Gasteiger partial charge in [0.25, 0.3) is 0 Å². The van der Waals surface area contributed by atoms with Gasteiger partial charge in [0.1, 0.15) is 5.82 Å². The number of rotatable bonds is 5. The van der Waals surface area contributed by atoms with Crippen LogP contribution in [0.15, 0.2) is 17.6 Å². The zero-order valence-corrected chi connectivity index (χ0v) is 12.2. The molecule has 2 heterocycles. The van der Waals surface area contributed by atoms with Crippen molar-refractivity contribution in [2.45, 2.75) is 19.8 Å². The predicted molar refractivity (Wildman–Crippen MR) is 78.0 cm³/mol. The number of hydrogen-bond acceptors (Lipinski definition) is 4. The van der Waals surface area contributed by atoms with Gasteiger partial charge < -0.3 is 5.32 Å².